The molecule has 0 aliphatic rings. The molecular weight excluding hydrogens is 269 g/mol. The van der Waals surface area contributed by atoms with Crippen molar-refractivity contribution in [2.24, 2.45) is 0 Å². The molecule has 4 heteroatoms. The Labute approximate surface area is 121 Å². The van der Waals surface area contributed by atoms with Gasteiger partial charge in [-0.3, -0.25) is 0 Å². The molecule has 0 aliphatic carbocycles. The predicted octanol–water partition coefficient (Wildman–Crippen LogP) is 3.84. The molecule has 0 unspecified atom stereocenters. The lowest BCUT2D eigenvalue weighted by molar-refractivity contribution is 0.0697. The second kappa shape index (κ2) is 5.05. The molecule has 2 aromatic carbocycles. The quantitative estimate of drug-likeness (QED) is 0.793. The van der Waals surface area contributed by atoms with Crippen LogP contribution >= 0.6 is 0 Å². The summed E-state index contributed by atoms with van der Waals surface area (Å²) in [5.41, 5.74) is 3.03. The Balaban J connectivity index is 1.99. The zero-order chi connectivity index (χ0) is 15.0. The van der Waals surface area contributed by atoms with E-state index >= 15 is 0 Å². The van der Waals surface area contributed by atoms with Crippen LogP contribution in [0.2, 0.25) is 0 Å². The Morgan fingerprint density at radius 3 is 2.71 bits per heavy atom. The summed E-state index contributed by atoms with van der Waals surface area (Å²) in [5, 5.41) is 9.96. The Bertz CT molecular complexity index is 836. The largest absolute Gasteiger partial charge is 0.478 e. The molecule has 0 amide bonds. The van der Waals surface area contributed by atoms with Crippen molar-refractivity contribution < 1.29 is 14.3 Å². The van der Waals surface area contributed by atoms with Gasteiger partial charge < -0.3 is 9.67 Å². The van der Waals surface area contributed by atoms with Crippen LogP contribution in [0.3, 0.4) is 0 Å². The molecule has 0 atom stereocenters. The first-order valence-electron chi connectivity index (χ1n) is 6.62. The highest BCUT2D eigenvalue weighted by atomic mass is 19.1. The third kappa shape index (κ3) is 2.52. The first-order valence-corrected chi connectivity index (χ1v) is 6.62. The van der Waals surface area contributed by atoms with Gasteiger partial charge in [0, 0.05) is 12.7 Å². The summed E-state index contributed by atoms with van der Waals surface area (Å²) in [4.78, 5) is 10.9. The molecule has 3 rings (SSSR count). The van der Waals surface area contributed by atoms with E-state index in [-0.39, 0.29) is 11.4 Å². The smallest absolute Gasteiger partial charge is 0.335 e. The summed E-state index contributed by atoms with van der Waals surface area (Å²) in [6.45, 7) is 2.47. The predicted molar refractivity (Wildman–Crippen MR) is 79.1 cm³/mol. The Morgan fingerprint density at radius 2 is 2.00 bits per heavy atom. The van der Waals surface area contributed by atoms with Crippen LogP contribution in [0.15, 0.2) is 48.7 Å². The number of fused-ring (bicyclic) bond motifs is 1. The fraction of sp³-hybridized carbons (Fsp3) is 0.118. The van der Waals surface area contributed by atoms with Crippen LogP contribution in [0, 0.1) is 12.7 Å². The van der Waals surface area contributed by atoms with Crippen molar-refractivity contribution in [1.82, 2.24) is 4.57 Å². The Morgan fingerprint density at radius 1 is 1.19 bits per heavy atom. The lowest BCUT2D eigenvalue weighted by Gasteiger charge is -2.09. The molecule has 0 fully saturated rings. The molecule has 106 valence electrons. The van der Waals surface area contributed by atoms with E-state index in [2.05, 4.69) is 0 Å². The third-order valence-electron chi connectivity index (χ3n) is 3.67. The molecule has 1 aromatic heterocycles. The van der Waals surface area contributed by atoms with E-state index in [1.807, 2.05) is 29.8 Å². The maximum Gasteiger partial charge on any atom is 0.335 e. The first-order chi connectivity index (χ1) is 10.0. The monoisotopic (exact) mass is 283 g/mol. The minimum Gasteiger partial charge on any atom is -0.478 e. The second-order valence-corrected chi connectivity index (χ2v) is 5.09. The SMILES string of the molecule is Cc1cc(C(=O)O)ccc1Cn1ccc2ccc(F)cc21. The lowest BCUT2D eigenvalue weighted by atomic mass is 10.0. The maximum absolute atomic E-state index is 13.4. The van der Waals surface area contributed by atoms with Crippen molar-refractivity contribution in [2.75, 3.05) is 0 Å². The number of aromatic nitrogens is 1. The average molecular weight is 283 g/mol. The van der Waals surface area contributed by atoms with E-state index in [1.165, 1.54) is 12.1 Å². The number of carboxylic acid groups (broad SMARTS) is 1. The van der Waals surface area contributed by atoms with Gasteiger partial charge in [0.2, 0.25) is 0 Å². The van der Waals surface area contributed by atoms with E-state index in [4.69, 9.17) is 5.11 Å². The summed E-state index contributed by atoms with van der Waals surface area (Å²) < 4.78 is 15.3. The van der Waals surface area contributed by atoms with Crippen molar-refractivity contribution in [3.05, 3.63) is 71.2 Å². The second-order valence-electron chi connectivity index (χ2n) is 5.09. The number of nitrogens with zero attached hydrogens (tertiary/aromatic N) is 1. The van der Waals surface area contributed by atoms with E-state index in [0.717, 1.165) is 22.0 Å². The van der Waals surface area contributed by atoms with Crippen LogP contribution < -0.4 is 0 Å². The summed E-state index contributed by atoms with van der Waals surface area (Å²) >= 11 is 0. The van der Waals surface area contributed by atoms with Gasteiger partial charge in [-0.1, -0.05) is 6.07 Å². The van der Waals surface area contributed by atoms with Crippen LogP contribution in [0.5, 0.6) is 0 Å². The molecule has 1 N–H and O–H groups in total. The van der Waals surface area contributed by atoms with Gasteiger partial charge in [-0.2, -0.15) is 0 Å². The summed E-state index contributed by atoms with van der Waals surface area (Å²) in [5.74, 6) is -1.20. The zero-order valence-electron chi connectivity index (χ0n) is 11.5. The number of hydrogen-bond acceptors (Lipinski definition) is 1. The third-order valence-corrected chi connectivity index (χ3v) is 3.67. The highest BCUT2D eigenvalue weighted by Crippen LogP contribution is 2.20. The minimum atomic E-state index is -0.932. The van der Waals surface area contributed by atoms with Crippen molar-refractivity contribution in [1.29, 1.82) is 0 Å². The standard InChI is InChI=1S/C17H14FNO2/c1-11-8-13(17(20)21)2-3-14(11)10-19-7-6-12-4-5-15(18)9-16(12)19/h2-9H,10H2,1H3,(H,20,21). The first kappa shape index (κ1) is 13.4. The average Bonchev–Trinajstić information content (AvgIpc) is 2.83. The molecule has 0 spiro atoms. The normalized spacial score (nSPS) is 11.0. The molecular formula is C17H14FNO2. The molecule has 1 heterocycles. The number of rotatable bonds is 3. The minimum absolute atomic E-state index is 0.264. The summed E-state index contributed by atoms with van der Waals surface area (Å²) in [7, 11) is 0. The number of halogens is 1. The fourth-order valence-electron chi connectivity index (χ4n) is 2.48. The van der Waals surface area contributed by atoms with Crippen LogP contribution in [0.1, 0.15) is 21.5 Å². The number of carbonyl (C=O) groups is 1. The van der Waals surface area contributed by atoms with Gasteiger partial charge in [0.25, 0.3) is 0 Å². The van der Waals surface area contributed by atoms with Gasteiger partial charge in [0.1, 0.15) is 5.82 Å². The molecule has 0 saturated heterocycles. The number of aromatic carboxylic acids is 1. The number of aryl methyl sites for hydroxylation is 1. The van der Waals surface area contributed by atoms with E-state index in [0.29, 0.717) is 6.54 Å². The van der Waals surface area contributed by atoms with Gasteiger partial charge in [-0.05, 0) is 59.8 Å². The van der Waals surface area contributed by atoms with E-state index < -0.39 is 5.97 Å². The van der Waals surface area contributed by atoms with E-state index in [1.54, 1.807) is 18.2 Å². The van der Waals surface area contributed by atoms with Crippen LogP contribution in [-0.4, -0.2) is 15.6 Å². The topological polar surface area (TPSA) is 42.2 Å². The maximum atomic E-state index is 13.4. The highest BCUT2D eigenvalue weighted by molar-refractivity contribution is 5.88. The fourth-order valence-corrected chi connectivity index (χ4v) is 2.48. The molecule has 0 saturated carbocycles. The van der Waals surface area contributed by atoms with Crippen LogP contribution in [-0.2, 0) is 6.54 Å². The molecule has 0 radical (unpaired) electrons. The van der Waals surface area contributed by atoms with Crippen molar-refractivity contribution >= 4 is 16.9 Å². The van der Waals surface area contributed by atoms with Gasteiger partial charge >= 0.3 is 5.97 Å². The van der Waals surface area contributed by atoms with Gasteiger partial charge in [0.15, 0.2) is 0 Å². The molecule has 21 heavy (non-hydrogen) atoms. The Hall–Kier alpha value is -2.62. The lowest BCUT2D eigenvalue weighted by Crippen LogP contribution is -2.03. The van der Waals surface area contributed by atoms with Crippen molar-refractivity contribution in [3.63, 3.8) is 0 Å². The highest BCUT2D eigenvalue weighted by Gasteiger charge is 2.08. The molecule has 0 aliphatic heterocycles. The zero-order valence-corrected chi connectivity index (χ0v) is 11.5. The molecule has 3 aromatic rings. The van der Waals surface area contributed by atoms with Gasteiger partial charge in [-0.15, -0.1) is 0 Å². The molecule has 0 bridgehead atoms. The van der Waals surface area contributed by atoms with E-state index in [9.17, 15) is 9.18 Å². The number of benzene rings is 2. The number of hydrogen-bond donors (Lipinski definition) is 1. The number of carboxylic acids is 1. The summed E-state index contributed by atoms with van der Waals surface area (Å²) in [6, 6.07) is 11.7. The van der Waals surface area contributed by atoms with Gasteiger partial charge in [-0.25, -0.2) is 9.18 Å². The Kier molecular flexibility index (Phi) is 3.22. The van der Waals surface area contributed by atoms with Crippen LogP contribution in [0.4, 0.5) is 4.39 Å². The summed E-state index contributed by atoms with van der Waals surface area (Å²) in [6.07, 6.45) is 1.91. The van der Waals surface area contributed by atoms with Crippen molar-refractivity contribution in [3.8, 4) is 0 Å². The molecule has 3 nitrogen and oxygen atoms in total. The van der Waals surface area contributed by atoms with Crippen molar-refractivity contribution in [2.45, 2.75) is 13.5 Å². The van der Waals surface area contributed by atoms with Gasteiger partial charge in [0.05, 0.1) is 11.1 Å². The van der Waals surface area contributed by atoms with Crippen LogP contribution in [0.25, 0.3) is 10.9 Å².